The highest BCUT2D eigenvalue weighted by Crippen LogP contribution is 2.16. The number of amides is 2. The van der Waals surface area contributed by atoms with E-state index in [1.54, 1.807) is 7.11 Å². The maximum Gasteiger partial charge on any atom is 0.241 e. The summed E-state index contributed by atoms with van der Waals surface area (Å²) in [6.07, 6.45) is 2.12. The molecule has 1 atom stereocenters. The number of likely N-dealkylation sites (tertiary alicyclic amines) is 1. The Morgan fingerprint density at radius 2 is 2.25 bits per heavy atom. The summed E-state index contributed by atoms with van der Waals surface area (Å²) in [5.41, 5.74) is 0. The fourth-order valence-electron chi connectivity index (χ4n) is 1.98. The maximum absolute atomic E-state index is 11.7. The molecule has 5 nitrogen and oxygen atoms in total. The second-order valence-electron chi connectivity index (χ2n) is 4.21. The van der Waals surface area contributed by atoms with Crippen LogP contribution in [0.4, 0.5) is 0 Å². The van der Waals surface area contributed by atoms with Gasteiger partial charge in [-0.05, 0) is 18.8 Å². The molecule has 1 unspecified atom stereocenters. The predicted molar refractivity (Wildman–Crippen MR) is 59.9 cm³/mol. The Bertz CT molecular complexity index is 254. The molecule has 0 aliphatic carbocycles. The molecule has 1 N–H and O–H groups in total. The average molecular weight is 228 g/mol. The molecule has 5 heteroatoms. The van der Waals surface area contributed by atoms with E-state index in [4.69, 9.17) is 4.74 Å². The number of nitrogens with one attached hydrogen (secondary N) is 1. The molecule has 1 aliphatic rings. The molecule has 92 valence electrons. The van der Waals surface area contributed by atoms with Gasteiger partial charge in [0.1, 0.15) is 0 Å². The van der Waals surface area contributed by atoms with Crippen LogP contribution >= 0.6 is 0 Å². The number of methoxy groups -OCH3 is 1. The van der Waals surface area contributed by atoms with Gasteiger partial charge in [0, 0.05) is 27.1 Å². The van der Waals surface area contributed by atoms with E-state index in [0.29, 0.717) is 12.5 Å². The van der Waals surface area contributed by atoms with Crippen molar-refractivity contribution in [3.8, 4) is 0 Å². The summed E-state index contributed by atoms with van der Waals surface area (Å²) in [5, 5.41) is 2.53. The van der Waals surface area contributed by atoms with Gasteiger partial charge in [-0.2, -0.15) is 0 Å². The first-order chi connectivity index (χ1) is 7.63. The van der Waals surface area contributed by atoms with Gasteiger partial charge in [0.2, 0.25) is 11.8 Å². The van der Waals surface area contributed by atoms with Crippen molar-refractivity contribution in [3.05, 3.63) is 0 Å². The molecule has 0 spiro atoms. The maximum atomic E-state index is 11.7. The number of piperidine rings is 1. The third-order valence-electron chi connectivity index (χ3n) is 2.76. The third kappa shape index (κ3) is 4.18. The van der Waals surface area contributed by atoms with Crippen LogP contribution in [-0.2, 0) is 14.3 Å². The summed E-state index contributed by atoms with van der Waals surface area (Å²) in [5.74, 6) is 0.259. The van der Waals surface area contributed by atoms with Crippen LogP contribution < -0.4 is 5.32 Å². The number of hydrogen-bond donors (Lipinski definition) is 1. The van der Waals surface area contributed by atoms with Crippen LogP contribution in [0.2, 0.25) is 0 Å². The molecule has 0 aromatic carbocycles. The Labute approximate surface area is 96.1 Å². The molecule has 0 bridgehead atoms. The largest absolute Gasteiger partial charge is 0.384 e. The average Bonchev–Trinajstić information content (AvgIpc) is 2.26. The lowest BCUT2D eigenvalue weighted by atomic mass is 9.99. The first-order valence-corrected chi connectivity index (χ1v) is 5.64. The molecule has 16 heavy (non-hydrogen) atoms. The Morgan fingerprint density at radius 3 is 2.88 bits per heavy atom. The first-order valence-electron chi connectivity index (χ1n) is 5.64. The zero-order valence-electron chi connectivity index (χ0n) is 9.99. The highest BCUT2D eigenvalue weighted by atomic mass is 16.5. The molecule has 2 amide bonds. The van der Waals surface area contributed by atoms with Crippen LogP contribution in [0.15, 0.2) is 0 Å². The van der Waals surface area contributed by atoms with E-state index >= 15 is 0 Å². The smallest absolute Gasteiger partial charge is 0.241 e. The van der Waals surface area contributed by atoms with E-state index in [0.717, 1.165) is 25.9 Å². The van der Waals surface area contributed by atoms with Crippen molar-refractivity contribution in [2.24, 2.45) is 5.92 Å². The minimum atomic E-state index is -0.168. The number of carbonyl (C=O) groups excluding carboxylic acids is 2. The van der Waals surface area contributed by atoms with E-state index in [2.05, 4.69) is 5.32 Å². The van der Waals surface area contributed by atoms with Gasteiger partial charge in [-0.25, -0.2) is 0 Å². The van der Waals surface area contributed by atoms with Gasteiger partial charge in [0.05, 0.1) is 13.2 Å². The lowest BCUT2D eigenvalue weighted by molar-refractivity contribution is -0.134. The van der Waals surface area contributed by atoms with E-state index in [1.807, 2.05) is 4.90 Å². The highest BCUT2D eigenvalue weighted by molar-refractivity contribution is 5.83. The zero-order valence-corrected chi connectivity index (χ0v) is 9.99. The third-order valence-corrected chi connectivity index (χ3v) is 2.76. The summed E-state index contributed by atoms with van der Waals surface area (Å²) < 4.78 is 5.10. The van der Waals surface area contributed by atoms with Crippen LogP contribution in [0.3, 0.4) is 0 Å². The minimum Gasteiger partial charge on any atom is -0.384 e. The van der Waals surface area contributed by atoms with E-state index < -0.39 is 0 Å². The number of rotatable bonds is 4. The number of nitrogens with zero attached hydrogens (tertiary/aromatic N) is 1. The second kappa shape index (κ2) is 6.48. The van der Waals surface area contributed by atoms with Gasteiger partial charge < -0.3 is 15.0 Å². The van der Waals surface area contributed by atoms with Crippen molar-refractivity contribution >= 4 is 11.8 Å². The summed E-state index contributed by atoms with van der Waals surface area (Å²) in [6, 6.07) is 0. The van der Waals surface area contributed by atoms with Gasteiger partial charge in [0.15, 0.2) is 0 Å². The molecule has 0 aromatic heterocycles. The molecular formula is C11H20N2O3. The van der Waals surface area contributed by atoms with Crippen LogP contribution in [0.5, 0.6) is 0 Å². The highest BCUT2D eigenvalue weighted by Gasteiger charge is 2.23. The Morgan fingerprint density at radius 1 is 1.50 bits per heavy atom. The van der Waals surface area contributed by atoms with Crippen LogP contribution in [0.1, 0.15) is 19.8 Å². The number of ether oxygens (including phenoxy) is 1. The van der Waals surface area contributed by atoms with Gasteiger partial charge in [-0.15, -0.1) is 0 Å². The van der Waals surface area contributed by atoms with Gasteiger partial charge in [-0.3, -0.25) is 9.59 Å². The minimum absolute atomic E-state index is 0.00370. The Hall–Kier alpha value is -1.10. The molecule has 0 aromatic rings. The Kier molecular flexibility index (Phi) is 5.25. The first kappa shape index (κ1) is 13.0. The molecule has 1 aliphatic heterocycles. The fourth-order valence-corrected chi connectivity index (χ4v) is 1.98. The summed E-state index contributed by atoms with van der Waals surface area (Å²) in [6.45, 7) is 3.75. The van der Waals surface area contributed by atoms with Gasteiger partial charge in [0.25, 0.3) is 0 Å². The SMILES string of the molecule is COCC1CCCN(C(=O)CNC(C)=O)C1. The second-order valence-corrected chi connectivity index (χ2v) is 4.21. The quantitative estimate of drug-likeness (QED) is 0.737. The number of hydrogen-bond acceptors (Lipinski definition) is 3. The van der Waals surface area contributed by atoms with E-state index in [9.17, 15) is 9.59 Å². The van der Waals surface area contributed by atoms with Crippen LogP contribution in [0, 0.1) is 5.92 Å². The molecule has 1 heterocycles. The lowest BCUT2D eigenvalue weighted by Crippen LogP contribution is -2.45. The molecule has 1 rings (SSSR count). The molecule has 1 fully saturated rings. The summed E-state index contributed by atoms with van der Waals surface area (Å²) >= 11 is 0. The molecule has 0 radical (unpaired) electrons. The van der Waals surface area contributed by atoms with Crippen molar-refractivity contribution in [1.82, 2.24) is 10.2 Å². The normalized spacial score (nSPS) is 20.6. The fraction of sp³-hybridized carbons (Fsp3) is 0.818. The van der Waals surface area contributed by atoms with Crippen molar-refractivity contribution in [2.45, 2.75) is 19.8 Å². The monoisotopic (exact) mass is 228 g/mol. The zero-order chi connectivity index (χ0) is 12.0. The van der Waals surface area contributed by atoms with Crippen molar-refractivity contribution < 1.29 is 14.3 Å². The molecule has 0 saturated carbocycles. The van der Waals surface area contributed by atoms with Crippen molar-refractivity contribution in [2.75, 3.05) is 33.4 Å². The standard InChI is InChI=1S/C11H20N2O3/c1-9(14)12-6-11(15)13-5-3-4-10(7-13)8-16-2/h10H,3-8H2,1-2H3,(H,12,14). The lowest BCUT2D eigenvalue weighted by Gasteiger charge is -2.32. The topological polar surface area (TPSA) is 58.6 Å². The van der Waals surface area contributed by atoms with Gasteiger partial charge in [-0.1, -0.05) is 0 Å². The van der Waals surface area contributed by atoms with Crippen LogP contribution in [-0.4, -0.2) is 50.1 Å². The molecular weight excluding hydrogens is 208 g/mol. The van der Waals surface area contributed by atoms with E-state index in [-0.39, 0.29) is 18.4 Å². The van der Waals surface area contributed by atoms with Gasteiger partial charge >= 0.3 is 0 Å². The van der Waals surface area contributed by atoms with E-state index in [1.165, 1.54) is 6.92 Å². The van der Waals surface area contributed by atoms with Crippen LogP contribution in [0.25, 0.3) is 0 Å². The predicted octanol–water partition coefficient (Wildman–Crippen LogP) is 0.00750. The summed E-state index contributed by atoms with van der Waals surface area (Å²) in [7, 11) is 1.68. The Balaban J connectivity index is 2.34. The number of carbonyl (C=O) groups is 2. The van der Waals surface area contributed by atoms with Crippen molar-refractivity contribution in [1.29, 1.82) is 0 Å². The molecule has 1 saturated heterocycles. The summed E-state index contributed by atoms with van der Waals surface area (Å²) in [4.78, 5) is 24.2. The van der Waals surface area contributed by atoms with Crippen molar-refractivity contribution in [3.63, 3.8) is 0 Å².